The Morgan fingerprint density at radius 1 is 0.600 bits per heavy atom. The van der Waals surface area contributed by atoms with Gasteiger partial charge in [0.05, 0.1) is 0 Å². The molecule has 0 fully saturated rings. The standard InChI is InChI=1S/C8H12.Ag.ClH/c1-2-4-6-8-7-5-3-1;;/h1-2,7-8H,3-6H2;;1H/q;+1;/p-1/b2-1-,8-7-;;. The Labute approximate surface area is 84.7 Å². The maximum absolute atomic E-state index is 2.27. The fourth-order valence-electron chi connectivity index (χ4n) is 0.856. The van der Waals surface area contributed by atoms with E-state index in [0.29, 0.717) is 0 Å². The molecule has 0 saturated carbocycles. The number of halogens is 1. The summed E-state index contributed by atoms with van der Waals surface area (Å²) < 4.78 is 0. The van der Waals surface area contributed by atoms with Gasteiger partial charge in [0.15, 0.2) is 0 Å². The Kier molecular flexibility index (Phi) is 12.5. The van der Waals surface area contributed by atoms with Crippen LogP contribution in [-0.2, 0) is 22.4 Å². The van der Waals surface area contributed by atoms with Crippen molar-refractivity contribution in [2.24, 2.45) is 0 Å². The van der Waals surface area contributed by atoms with Crippen molar-refractivity contribution in [3.05, 3.63) is 24.3 Å². The molecule has 2 heteroatoms. The first-order valence-electron chi connectivity index (χ1n) is 3.30. The Morgan fingerprint density at radius 2 is 0.800 bits per heavy atom. The summed E-state index contributed by atoms with van der Waals surface area (Å²) in [5, 5.41) is 0. The first kappa shape index (κ1) is 13.1. The molecule has 0 bridgehead atoms. The summed E-state index contributed by atoms with van der Waals surface area (Å²) in [5.74, 6) is 0. The third-order valence-corrected chi connectivity index (χ3v) is 1.33. The Bertz CT molecular complexity index is 81.8. The van der Waals surface area contributed by atoms with Crippen molar-refractivity contribution in [2.45, 2.75) is 25.7 Å². The van der Waals surface area contributed by atoms with Crippen LogP contribution in [0.5, 0.6) is 0 Å². The van der Waals surface area contributed by atoms with Gasteiger partial charge in [-0.25, -0.2) is 0 Å². The minimum Gasteiger partial charge on any atom is -1.00 e. The molecule has 0 saturated heterocycles. The number of rotatable bonds is 0. The monoisotopic (exact) mass is 250 g/mol. The molecule has 62 valence electrons. The van der Waals surface area contributed by atoms with E-state index in [4.69, 9.17) is 0 Å². The van der Waals surface area contributed by atoms with Crippen molar-refractivity contribution in [3.8, 4) is 0 Å². The average molecular weight is 252 g/mol. The minimum absolute atomic E-state index is 0. The summed E-state index contributed by atoms with van der Waals surface area (Å²) in [6.07, 6.45) is 14.0. The van der Waals surface area contributed by atoms with Gasteiger partial charge in [0.2, 0.25) is 0 Å². The van der Waals surface area contributed by atoms with Crippen LogP contribution in [0.15, 0.2) is 24.3 Å². The van der Waals surface area contributed by atoms with Crippen molar-refractivity contribution < 1.29 is 34.8 Å². The van der Waals surface area contributed by atoms with E-state index in [1.54, 1.807) is 0 Å². The molecule has 0 unspecified atom stereocenters. The number of hydrogen-bond donors (Lipinski definition) is 0. The molecule has 0 aliphatic heterocycles. The molecule has 10 heavy (non-hydrogen) atoms. The van der Waals surface area contributed by atoms with E-state index in [-0.39, 0.29) is 34.8 Å². The molecular formula is C8H12AgCl. The van der Waals surface area contributed by atoms with Crippen LogP contribution >= 0.6 is 0 Å². The largest absolute Gasteiger partial charge is 1.00 e. The second-order valence-corrected chi connectivity index (χ2v) is 2.10. The van der Waals surface area contributed by atoms with Crippen molar-refractivity contribution in [1.82, 2.24) is 0 Å². The Morgan fingerprint density at radius 3 is 1.00 bits per heavy atom. The first-order chi connectivity index (χ1) is 4.00. The fourth-order valence-corrected chi connectivity index (χ4v) is 0.856. The average Bonchev–Trinajstić information content (AvgIpc) is 1.62. The molecular weight excluding hydrogens is 239 g/mol. The molecule has 1 rings (SSSR count). The van der Waals surface area contributed by atoms with Crippen LogP contribution < -0.4 is 12.4 Å². The van der Waals surface area contributed by atoms with Gasteiger partial charge in [0.1, 0.15) is 0 Å². The van der Waals surface area contributed by atoms with Gasteiger partial charge in [-0.2, -0.15) is 0 Å². The predicted octanol–water partition coefficient (Wildman–Crippen LogP) is -0.326. The number of allylic oxidation sites excluding steroid dienone is 4. The molecule has 1 aliphatic carbocycles. The van der Waals surface area contributed by atoms with E-state index < -0.39 is 0 Å². The molecule has 0 N–H and O–H groups in total. The second-order valence-electron chi connectivity index (χ2n) is 2.10. The van der Waals surface area contributed by atoms with Crippen molar-refractivity contribution in [1.29, 1.82) is 0 Å². The van der Waals surface area contributed by atoms with Crippen LogP contribution in [0, 0.1) is 0 Å². The first-order valence-corrected chi connectivity index (χ1v) is 3.30. The molecule has 0 radical (unpaired) electrons. The van der Waals surface area contributed by atoms with E-state index in [9.17, 15) is 0 Å². The van der Waals surface area contributed by atoms with Crippen LogP contribution in [0.4, 0.5) is 0 Å². The van der Waals surface area contributed by atoms with Crippen molar-refractivity contribution >= 4 is 0 Å². The van der Waals surface area contributed by atoms with E-state index in [0.717, 1.165) is 0 Å². The molecule has 0 amide bonds. The van der Waals surface area contributed by atoms with Gasteiger partial charge in [0, 0.05) is 0 Å². The maximum Gasteiger partial charge on any atom is 1.00 e. The fraction of sp³-hybridized carbons (Fsp3) is 0.500. The molecule has 0 aromatic carbocycles. The maximum atomic E-state index is 2.27. The molecule has 0 aromatic rings. The molecule has 0 aromatic heterocycles. The minimum atomic E-state index is 0. The smallest absolute Gasteiger partial charge is 1.00 e. The summed E-state index contributed by atoms with van der Waals surface area (Å²) in [5.41, 5.74) is 0. The Hall–Kier alpha value is 0.510. The predicted molar refractivity (Wildman–Crippen MR) is 36.7 cm³/mol. The van der Waals surface area contributed by atoms with Gasteiger partial charge >= 0.3 is 22.4 Å². The zero-order chi connectivity index (χ0) is 5.66. The van der Waals surface area contributed by atoms with Gasteiger partial charge in [-0.15, -0.1) is 0 Å². The van der Waals surface area contributed by atoms with E-state index in [2.05, 4.69) is 24.3 Å². The van der Waals surface area contributed by atoms with Crippen LogP contribution in [0.1, 0.15) is 25.7 Å². The summed E-state index contributed by atoms with van der Waals surface area (Å²) in [6, 6.07) is 0. The van der Waals surface area contributed by atoms with Crippen LogP contribution in [0.25, 0.3) is 0 Å². The zero-order valence-corrected chi connectivity index (χ0v) is 8.06. The zero-order valence-electron chi connectivity index (χ0n) is 5.82. The van der Waals surface area contributed by atoms with E-state index in [1.165, 1.54) is 25.7 Å². The van der Waals surface area contributed by atoms with Crippen LogP contribution in [0.2, 0.25) is 0 Å². The normalized spacial score (nSPS) is 22.4. The third-order valence-electron chi connectivity index (χ3n) is 1.33. The second kappa shape index (κ2) is 9.51. The van der Waals surface area contributed by atoms with Gasteiger partial charge in [-0.1, -0.05) is 24.3 Å². The van der Waals surface area contributed by atoms with Gasteiger partial charge in [0.25, 0.3) is 0 Å². The molecule has 0 atom stereocenters. The number of hydrogen-bond acceptors (Lipinski definition) is 0. The van der Waals surface area contributed by atoms with Crippen molar-refractivity contribution in [3.63, 3.8) is 0 Å². The van der Waals surface area contributed by atoms with Gasteiger partial charge in [-0.3, -0.25) is 0 Å². The summed E-state index contributed by atoms with van der Waals surface area (Å²) in [4.78, 5) is 0. The Balaban J connectivity index is 0. The van der Waals surface area contributed by atoms with Gasteiger partial charge < -0.3 is 12.4 Å². The quantitative estimate of drug-likeness (QED) is 0.409. The third kappa shape index (κ3) is 6.63. The molecule has 1 aliphatic rings. The topological polar surface area (TPSA) is 0 Å². The van der Waals surface area contributed by atoms with E-state index >= 15 is 0 Å². The molecule has 0 nitrogen and oxygen atoms in total. The summed E-state index contributed by atoms with van der Waals surface area (Å²) in [6.45, 7) is 0. The molecule has 0 heterocycles. The van der Waals surface area contributed by atoms with Crippen LogP contribution in [0.3, 0.4) is 0 Å². The summed E-state index contributed by atoms with van der Waals surface area (Å²) >= 11 is 0. The SMILES string of the molecule is C1=C\CC/C=C\CC/1.[Ag+].[Cl-]. The van der Waals surface area contributed by atoms with Gasteiger partial charge in [-0.05, 0) is 25.7 Å². The van der Waals surface area contributed by atoms with Crippen LogP contribution in [-0.4, -0.2) is 0 Å². The molecule has 0 spiro atoms. The van der Waals surface area contributed by atoms with E-state index in [1.807, 2.05) is 0 Å². The summed E-state index contributed by atoms with van der Waals surface area (Å²) in [7, 11) is 0. The van der Waals surface area contributed by atoms with Crippen molar-refractivity contribution in [2.75, 3.05) is 0 Å².